The first-order valence-corrected chi connectivity index (χ1v) is 10.7. The standard InChI is InChI=1S/C19H24FNO5S/c1-3-14(2)21(17-10-11-27(24,25)13-17)18(22)12-26-19(23)9-6-15-4-7-16(20)8-5-15/h4-9,14,17H,3,10-13H2,1-2H3/b9-6+/t14-,17+/m1/s1. The molecule has 27 heavy (non-hydrogen) atoms. The van der Waals surface area contributed by atoms with E-state index in [0.717, 1.165) is 6.08 Å². The van der Waals surface area contributed by atoms with Crippen molar-refractivity contribution in [2.24, 2.45) is 0 Å². The van der Waals surface area contributed by atoms with E-state index < -0.39 is 28.3 Å². The van der Waals surface area contributed by atoms with Gasteiger partial charge in [-0.15, -0.1) is 0 Å². The SMILES string of the molecule is CC[C@@H](C)N(C(=O)COC(=O)/C=C/c1ccc(F)cc1)[C@H]1CCS(=O)(=O)C1. The summed E-state index contributed by atoms with van der Waals surface area (Å²) < 4.78 is 41.3. The number of esters is 1. The number of amides is 1. The van der Waals surface area contributed by atoms with E-state index in [9.17, 15) is 22.4 Å². The van der Waals surface area contributed by atoms with Gasteiger partial charge >= 0.3 is 5.97 Å². The van der Waals surface area contributed by atoms with Crippen molar-refractivity contribution in [3.05, 3.63) is 41.7 Å². The van der Waals surface area contributed by atoms with E-state index in [2.05, 4.69) is 0 Å². The first kappa shape index (κ1) is 21.1. The van der Waals surface area contributed by atoms with Gasteiger partial charge in [-0.05, 0) is 43.5 Å². The minimum atomic E-state index is -3.13. The largest absolute Gasteiger partial charge is 0.452 e. The van der Waals surface area contributed by atoms with Crippen LogP contribution in [0.25, 0.3) is 6.08 Å². The normalized spacial score (nSPS) is 19.7. The molecule has 1 aliphatic heterocycles. The van der Waals surface area contributed by atoms with E-state index in [0.29, 0.717) is 18.4 Å². The molecule has 1 aromatic rings. The maximum Gasteiger partial charge on any atom is 0.331 e. The van der Waals surface area contributed by atoms with Gasteiger partial charge < -0.3 is 9.64 Å². The van der Waals surface area contributed by atoms with Crippen molar-refractivity contribution in [1.29, 1.82) is 0 Å². The number of carbonyl (C=O) groups excluding carboxylic acids is 2. The highest BCUT2D eigenvalue weighted by Crippen LogP contribution is 2.21. The molecule has 0 saturated carbocycles. The average molecular weight is 397 g/mol. The fourth-order valence-corrected chi connectivity index (χ4v) is 4.71. The maximum atomic E-state index is 12.8. The van der Waals surface area contributed by atoms with E-state index in [-0.39, 0.29) is 29.4 Å². The zero-order valence-electron chi connectivity index (χ0n) is 15.4. The highest BCUT2D eigenvalue weighted by Gasteiger charge is 2.36. The summed E-state index contributed by atoms with van der Waals surface area (Å²) in [6, 6.07) is 5.03. The van der Waals surface area contributed by atoms with Gasteiger partial charge in [0.1, 0.15) is 5.82 Å². The molecule has 1 heterocycles. The number of nitrogens with zero attached hydrogens (tertiary/aromatic N) is 1. The molecule has 2 atom stereocenters. The number of benzene rings is 1. The van der Waals surface area contributed by atoms with Crippen LogP contribution in [0.4, 0.5) is 4.39 Å². The quantitative estimate of drug-likeness (QED) is 0.520. The Hall–Kier alpha value is -2.22. The monoisotopic (exact) mass is 397 g/mol. The van der Waals surface area contributed by atoms with Crippen LogP contribution < -0.4 is 0 Å². The molecule has 1 amide bonds. The summed E-state index contributed by atoms with van der Waals surface area (Å²) in [6.45, 7) is 3.30. The Bertz CT molecular complexity index is 804. The summed E-state index contributed by atoms with van der Waals surface area (Å²) in [5.74, 6) is -1.47. The highest BCUT2D eigenvalue weighted by atomic mass is 32.2. The molecule has 6 nitrogen and oxygen atoms in total. The second-order valence-corrected chi connectivity index (χ2v) is 8.84. The zero-order chi connectivity index (χ0) is 20.0. The molecule has 8 heteroatoms. The molecule has 1 fully saturated rings. The molecule has 0 spiro atoms. The number of hydrogen-bond acceptors (Lipinski definition) is 5. The summed E-state index contributed by atoms with van der Waals surface area (Å²) in [5, 5.41) is 0. The molecule has 1 saturated heterocycles. The lowest BCUT2D eigenvalue weighted by atomic mass is 10.1. The first-order valence-electron chi connectivity index (χ1n) is 8.84. The Balaban J connectivity index is 1.94. The number of rotatable bonds is 7. The van der Waals surface area contributed by atoms with Gasteiger partial charge in [0.2, 0.25) is 0 Å². The van der Waals surface area contributed by atoms with Gasteiger partial charge in [0.25, 0.3) is 5.91 Å². The third kappa shape index (κ3) is 6.16. The predicted molar refractivity (Wildman–Crippen MR) is 100 cm³/mol. The average Bonchev–Trinajstić information content (AvgIpc) is 2.98. The first-order chi connectivity index (χ1) is 12.7. The lowest BCUT2D eigenvalue weighted by molar-refractivity contribution is -0.150. The number of ether oxygens (including phenoxy) is 1. The molecular formula is C19H24FNO5S. The van der Waals surface area contributed by atoms with Crippen molar-refractivity contribution >= 4 is 27.8 Å². The van der Waals surface area contributed by atoms with Gasteiger partial charge in [0.15, 0.2) is 16.4 Å². The number of hydrogen-bond donors (Lipinski definition) is 0. The number of carbonyl (C=O) groups is 2. The van der Waals surface area contributed by atoms with Crippen molar-refractivity contribution in [3.8, 4) is 0 Å². The Labute approximate surface area is 158 Å². The summed E-state index contributed by atoms with van der Waals surface area (Å²) in [4.78, 5) is 25.9. The summed E-state index contributed by atoms with van der Waals surface area (Å²) >= 11 is 0. The molecule has 0 unspecified atom stereocenters. The molecule has 0 radical (unpaired) electrons. The fraction of sp³-hybridized carbons (Fsp3) is 0.474. The van der Waals surface area contributed by atoms with Crippen LogP contribution >= 0.6 is 0 Å². The fourth-order valence-electron chi connectivity index (χ4n) is 2.99. The molecule has 0 bridgehead atoms. The second kappa shape index (κ2) is 9.12. The van der Waals surface area contributed by atoms with Crippen LogP contribution in [-0.2, 0) is 24.2 Å². The minimum absolute atomic E-state index is 0.0541. The maximum absolute atomic E-state index is 12.8. The van der Waals surface area contributed by atoms with Gasteiger partial charge in [0, 0.05) is 18.2 Å². The smallest absolute Gasteiger partial charge is 0.331 e. The molecular weight excluding hydrogens is 373 g/mol. The van der Waals surface area contributed by atoms with Gasteiger partial charge in [-0.25, -0.2) is 17.6 Å². The van der Waals surface area contributed by atoms with Crippen LogP contribution in [0.5, 0.6) is 0 Å². The van der Waals surface area contributed by atoms with E-state index in [4.69, 9.17) is 4.74 Å². The van der Waals surface area contributed by atoms with Crippen LogP contribution in [0.1, 0.15) is 32.3 Å². The second-order valence-electron chi connectivity index (χ2n) is 6.61. The van der Waals surface area contributed by atoms with E-state index in [1.807, 2.05) is 13.8 Å². The molecule has 0 aromatic heterocycles. The lowest BCUT2D eigenvalue weighted by Gasteiger charge is -2.33. The van der Waals surface area contributed by atoms with Crippen LogP contribution in [0, 0.1) is 5.82 Å². The Morgan fingerprint density at radius 1 is 1.33 bits per heavy atom. The van der Waals surface area contributed by atoms with Crippen molar-refractivity contribution in [2.75, 3.05) is 18.1 Å². The third-order valence-corrected chi connectivity index (χ3v) is 6.33. The van der Waals surface area contributed by atoms with Crippen LogP contribution in [0.2, 0.25) is 0 Å². The molecule has 0 N–H and O–H groups in total. The molecule has 1 aliphatic rings. The number of halogens is 1. The van der Waals surface area contributed by atoms with Crippen molar-refractivity contribution in [1.82, 2.24) is 4.90 Å². The van der Waals surface area contributed by atoms with E-state index >= 15 is 0 Å². The summed E-state index contributed by atoms with van der Waals surface area (Å²) in [5.41, 5.74) is 0.622. The summed E-state index contributed by atoms with van der Waals surface area (Å²) in [6.07, 6.45) is 3.69. The van der Waals surface area contributed by atoms with Gasteiger partial charge in [-0.3, -0.25) is 4.79 Å². The Morgan fingerprint density at radius 3 is 2.56 bits per heavy atom. The topological polar surface area (TPSA) is 80.8 Å². The van der Waals surface area contributed by atoms with Crippen molar-refractivity contribution < 1.29 is 27.1 Å². The van der Waals surface area contributed by atoms with Crippen LogP contribution in [-0.4, -0.2) is 55.4 Å². The van der Waals surface area contributed by atoms with Gasteiger partial charge in [0.05, 0.1) is 11.5 Å². The minimum Gasteiger partial charge on any atom is -0.452 e. The van der Waals surface area contributed by atoms with Crippen molar-refractivity contribution in [3.63, 3.8) is 0 Å². The lowest BCUT2D eigenvalue weighted by Crippen LogP contribution is -2.48. The summed E-state index contributed by atoms with van der Waals surface area (Å²) in [7, 11) is -3.13. The highest BCUT2D eigenvalue weighted by molar-refractivity contribution is 7.91. The predicted octanol–water partition coefficient (Wildman–Crippen LogP) is 2.20. The number of sulfone groups is 1. The Kier molecular flexibility index (Phi) is 7.12. The Morgan fingerprint density at radius 2 is 2.00 bits per heavy atom. The third-order valence-electron chi connectivity index (χ3n) is 4.58. The van der Waals surface area contributed by atoms with E-state index in [1.54, 1.807) is 0 Å². The van der Waals surface area contributed by atoms with Crippen LogP contribution in [0.3, 0.4) is 0 Å². The van der Waals surface area contributed by atoms with Gasteiger partial charge in [-0.1, -0.05) is 19.1 Å². The van der Waals surface area contributed by atoms with E-state index in [1.165, 1.54) is 35.2 Å². The molecule has 0 aliphatic carbocycles. The molecule has 1 aromatic carbocycles. The molecule has 2 rings (SSSR count). The van der Waals surface area contributed by atoms with Gasteiger partial charge in [-0.2, -0.15) is 0 Å². The zero-order valence-corrected chi connectivity index (χ0v) is 16.2. The van der Waals surface area contributed by atoms with Crippen molar-refractivity contribution in [2.45, 2.75) is 38.8 Å². The molecule has 148 valence electrons. The van der Waals surface area contributed by atoms with Crippen LogP contribution in [0.15, 0.2) is 30.3 Å².